The summed E-state index contributed by atoms with van der Waals surface area (Å²) in [6, 6.07) is 1.99. The number of aryl methyl sites for hydroxylation is 1. The third-order valence-electron chi connectivity index (χ3n) is 2.84. The monoisotopic (exact) mass is 236 g/mol. The molecule has 0 spiro atoms. The average molecular weight is 236 g/mol. The molecule has 1 aromatic heterocycles. The topological polar surface area (TPSA) is 25.2 Å². The van der Waals surface area contributed by atoms with Crippen LogP contribution in [-0.2, 0) is 6.54 Å². The molecule has 3 heteroatoms. The first kappa shape index (κ1) is 13.8. The third kappa shape index (κ3) is 3.11. The zero-order valence-corrected chi connectivity index (χ0v) is 12.1. The molecule has 96 valence electrons. The molecule has 0 aliphatic carbocycles. The molecule has 17 heavy (non-hydrogen) atoms. The summed E-state index contributed by atoms with van der Waals surface area (Å²) >= 11 is 0. The van der Waals surface area contributed by atoms with E-state index in [1.165, 1.54) is 0 Å². The van der Waals surface area contributed by atoms with E-state index in [1.807, 2.05) is 13.0 Å². The van der Waals surface area contributed by atoms with Gasteiger partial charge in [0.25, 0.3) is 5.91 Å². The summed E-state index contributed by atoms with van der Waals surface area (Å²) in [5.74, 6) is 0.0817. The molecule has 0 radical (unpaired) electrons. The summed E-state index contributed by atoms with van der Waals surface area (Å²) in [4.78, 5) is 13.6. The molecule has 1 rings (SSSR count). The fourth-order valence-corrected chi connectivity index (χ4v) is 1.98. The average Bonchev–Trinajstić information content (AvgIpc) is 2.42. The van der Waals surface area contributed by atoms with Crippen LogP contribution in [0, 0.1) is 19.3 Å². The van der Waals surface area contributed by atoms with Gasteiger partial charge in [-0.15, -0.1) is 0 Å². The van der Waals surface area contributed by atoms with Crippen LogP contribution in [0.5, 0.6) is 0 Å². The lowest BCUT2D eigenvalue weighted by molar-refractivity contribution is 0.0826. The smallest absolute Gasteiger partial charge is 0.255 e. The maximum Gasteiger partial charge on any atom is 0.255 e. The number of hydrogen-bond acceptors (Lipinski definition) is 1. The van der Waals surface area contributed by atoms with Gasteiger partial charge in [0.05, 0.1) is 5.56 Å². The lowest BCUT2D eigenvalue weighted by atomic mass is 9.96. The van der Waals surface area contributed by atoms with Crippen LogP contribution in [0.25, 0.3) is 0 Å². The van der Waals surface area contributed by atoms with Crippen molar-refractivity contribution in [2.45, 2.75) is 41.2 Å². The van der Waals surface area contributed by atoms with Crippen LogP contribution >= 0.6 is 0 Å². The maximum absolute atomic E-state index is 12.0. The lowest BCUT2D eigenvalue weighted by Crippen LogP contribution is -2.23. The fourth-order valence-electron chi connectivity index (χ4n) is 1.98. The van der Waals surface area contributed by atoms with E-state index >= 15 is 0 Å². The minimum Gasteiger partial charge on any atom is -0.348 e. The molecule has 0 saturated heterocycles. The molecule has 0 aliphatic heterocycles. The Morgan fingerprint density at radius 1 is 1.29 bits per heavy atom. The third-order valence-corrected chi connectivity index (χ3v) is 2.84. The standard InChI is InChI=1S/C14H24N2O/c1-10-8-12(13(17)15(6)7)11(2)16(10)9-14(3,4)5/h8H,9H2,1-7H3. The molecule has 1 aromatic rings. The first-order valence-electron chi connectivity index (χ1n) is 6.02. The second-order valence-corrected chi connectivity index (χ2v) is 6.13. The highest BCUT2D eigenvalue weighted by molar-refractivity contribution is 5.95. The Bertz CT molecular complexity index is 422. The number of carbonyl (C=O) groups excluding carboxylic acids is 1. The Balaban J connectivity index is 3.15. The van der Waals surface area contributed by atoms with Crippen LogP contribution in [0.2, 0.25) is 0 Å². The predicted molar refractivity (Wildman–Crippen MR) is 71.4 cm³/mol. The van der Waals surface area contributed by atoms with Crippen molar-refractivity contribution in [1.29, 1.82) is 0 Å². The Morgan fingerprint density at radius 3 is 2.24 bits per heavy atom. The van der Waals surface area contributed by atoms with Crippen LogP contribution in [0.3, 0.4) is 0 Å². The van der Waals surface area contributed by atoms with Gasteiger partial charge in [0, 0.05) is 32.0 Å². The Hall–Kier alpha value is -1.25. The first-order valence-corrected chi connectivity index (χ1v) is 6.02. The van der Waals surface area contributed by atoms with Crippen molar-refractivity contribution in [2.24, 2.45) is 5.41 Å². The minimum absolute atomic E-state index is 0.0817. The van der Waals surface area contributed by atoms with Gasteiger partial charge in [-0.25, -0.2) is 0 Å². The zero-order valence-electron chi connectivity index (χ0n) is 12.1. The van der Waals surface area contributed by atoms with E-state index in [-0.39, 0.29) is 11.3 Å². The van der Waals surface area contributed by atoms with Gasteiger partial charge in [-0.1, -0.05) is 20.8 Å². The quantitative estimate of drug-likeness (QED) is 0.775. The highest BCUT2D eigenvalue weighted by Crippen LogP contribution is 2.23. The van der Waals surface area contributed by atoms with Gasteiger partial charge < -0.3 is 9.47 Å². The van der Waals surface area contributed by atoms with E-state index in [0.29, 0.717) is 0 Å². The molecule has 1 amide bonds. The van der Waals surface area contributed by atoms with Crippen molar-refractivity contribution < 1.29 is 4.79 Å². The summed E-state index contributed by atoms with van der Waals surface area (Å²) < 4.78 is 2.23. The highest BCUT2D eigenvalue weighted by atomic mass is 16.2. The molecule has 0 saturated carbocycles. The van der Waals surface area contributed by atoms with Gasteiger partial charge in [-0.3, -0.25) is 4.79 Å². The van der Waals surface area contributed by atoms with Crippen LogP contribution in [-0.4, -0.2) is 29.5 Å². The molecule has 0 atom stereocenters. The summed E-state index contributed by atoms with van der Waals surface area (Å²) in [7, 11) is 3.58. The first-order chi connectivity index (χ1) is 7.63. The summed E-state index contributed by atoms with van der Waals surface area (Å²) in [6.45, 7) is 11.6. The molecular weight excluding hydrogens is 212 g/mol. The van der Waals surface area contributed by atoms with Crippen molar-refractivity contribution in [2.75, 3.05) is 14.1 Å². The van der Waals surface area contributed by atoms with Crippen LogP contribution < -0.4 is 0 Å². The van der Waals surface area contributed by atoms with E-state index < -0.39 is 0 Å². The minimum atomic E-state index is 0.0817. The lowest BCUT2D eigenvalue weighted by Gasteiger charge is -2.22. The molecule has 1 heterocycles. The van der Waals surface area contributed by atoms with Gasteiger partial charge in [0.15, 0.2) is 0 Å². The number of aromatic nitrogens is 1. The number of hydrogen-bond donors (Lipinski definition) is 0. The molecule has 0 bridgehead atoms. The van der Waals surface area contributed by atoms with Crippen molar-refractivity contribution in [3.8, 4) is 0 Å². The summed E-state index contributed by atoms with van der Waals surface area (Å²) in [5, 5.41) is 0. The highest BCUT2D eigenvalue weighted by Gasteiger charge is 2.20. The summed E-state index contributed by atoms with van der Waals surface area (Å²) in [5.41, 5.74) is 3.25. The molecular formula is C14H24N2O. The predicted octanol–water partition coefficient (Wildman–Crippen LogP) is 2.85. The Labute approximate surface area is 104 Å². The van der Waals surface area contributed by atoms with Crippen LogP contribution in [0.15, 0.2) is 6.07 Å². The normalized spacial score (nSPS) is 11.7. The molecule has 3 nitrogen and oxygen atoms in total. The van der Waals surface area contributed by atoms with E-state index in [2.05, 4.69) is 32.3 Å². The van der Waals surface area contributed by atoms with Crippen LogP contribution in [0.1, 0.15) is 42.5 Å². The SMILES string of the molecule is Cc1cc(C(=O)N(C)C)c(C)n1CC(C)(C)C. The van der Waals surface area contributed by atoms with Crippen molar-refractivity contribution in [3.05, 3.63) is 23.0 Å². The Kier molecular flexibility index (Phi) is 3.70. The largest absolute Gasteiger partial charge is 0.348 e. The van der Waals surface area contributed by atoms with E-state index in [1.54, 1.807) is 19.0 Å². The summed E-state index contributed by atoms with van der Waals surface area (Å²) in [6.07, 6.45) is 0. The molecule has 0 fully saturated rings. The van der Waals surface area contributed by atoms with Crippen LogP contribution in [0.4, 0.5) is 0 Å². The number of nitrogens with zero attached hydrogens (tertiary/aromatic N) is 2. The molecule has 0 unspecified atom stereocenters. The van der Waals surface area contributed by atoms with Gasteiger partial charge >= 0.3 is 0 Å². The van der Waals surface area contributed by atoms with E-state index in [0.717, 1.165) is 23.5 Å². The second kappa shape index (κ2) is 4.55. The van der Waals surface area contributed by atoms with E-state index in [4.69, 9.17) is 0 Å². The van der Waals surface area contributed by atoms with Crippen molar-refractivity contribution >= 4 is 5.91 Å². The number of rotatable bonds is 2. The molecule has 0 N–H and O–H groups in total. The van der Waals surface area contributed by atoms with Gasteiger partial charge in [-0.05, 0) is 25.3 Å². The fraction of sp³-hybridized carbons (Fsp3) is 0.643. The van der Waals surface area contributed by atoms with Gasteiger partial charge in [-0.2, -0.15) is 0 Å². The van der Waals surface area contributed by atoms with E-state index in [9.17, 15) is 4.79 Å². The molecule has 0 aromatic carbocycles. The maximum atomic E-state index is 12.0. The molecule has 0 aliphatic rings. The van der Waals surface area contributed by atoms with Gasteiger partial charge in [0.2, 0.25) is 0 Å². The van der Waals surface area contributed by atoms with Gasteiger partial charge in [0.1, 0.15) is 0 Å². The number of amides is 1. The Morgan fingerprint density at radius 2 is 1.82 bits per heavy atom. The second-order valence-electron chi connectivity index (χ2n) is 6.13. The zero-order chi connectivity index (χ0) is 13.4. The van der Waals surface area contributed by atoms with Crippen molar-refractivity contribution in [3.63, 3.8) is 0 Å². The number of carbonyl (C=O) groups is 1. The van der Waals surface area contributed by atoms with Crippen molar-refractivity contribution in [1.82, 2.24) is 9.47 Å².